The Morgan fingerprint density at radius 1 is 1.02 bits per heavy atom. The minimum Gasteiger partial charge on any atom is -0.392 e. The van der Waals surface area contributed by atoms with Crippen LogP contribution in [-0.2, 0) is 9.84 Å². The summed E-state index contributed by atoms with van der Waals surface area (Å²) in [6, 6.07) is 17.4. The SMILES string of the molecule is Cc1c(C#N)c(NCC(C)O)nc(Nc2ccccc2)c1N=Nc1ccc(S(=O)(=O)CCN(CC(C)O)CC(C)(C)O)cc1. The fraction of sp³-hybridized carbons (Fsp3) is 0.419. The van der Waals surface area contributed by atoms with Gasteiger partial charge in [-0.15, -0.1) is 5.11 Å². The average Bonchev–Trinajstić information content (AvgIpc) is 2.94. The fourth-order valence-corrected chi connectivity index (χ4v) is 5.71. The Bertz CT molecular complexity index is 1560. The summed E-state index contributed by atoms with van der Waals surface area (Å²) in [5, 5.41) is 54.5. The summed E-state index contributed by atoms with van der Waals surface area (Å²) in [5.74, 6) is 0.451. The summed E-state index contributed by atoms with van der Waals surface area (Å²) in [4.78, 5) is 6.42. The number of anilines is 3. The molecule has 0 aliphatic carbocycles. The Morgan fingerprint density at radius 2 is 1.68 bits per heavy atom. The third-order valence-corrected chi connectivity index (χ3v) is 8.11. The highest BCUT2D eigenvalue weighted by molar-refractivity contribution is 7.91. The Hall–Kier alpha value is -3.93. The van der Waals surface area contributed by atoms with Crippen LogP contribution < -0.4 is 10.6 Å². The van der Waals surface area contributed by atoms with Crippen LogP contribution in [0.2, 0.25) is 0 Å². The molecule has 2 aromatic carbocycles. The number of para-hydroxylation sites is 1. The van der Waals surface area contributed by atoms with Gasteiger partial charge in [-0.25, -0.2) is 13.4 Å². The Kier molecular flexibility index (Phi) is 11.9. The lowest BCUT2D eigenvalue weighted by atomic mass is 10.1. The van der Waals surface area contributed by atoms with E-state index < -0.39 is 27.6 Å². The predicted molar refractivity (Wildman–Crippen MR) is 171 cm³/mol. The van der Waals surface area contributed by atoms with Gasteiger partial charge in [0.05, 0.1) is 39.7 Å². The van der Waals surface area contributed by atoms with E-state index in [1.54, 1.807) is 39.5 Å². The number of aliphatic hydroxyl groups is 3. The van der Waals surface area contributed by atoms with Crippen LogP contribution in [0.3, 0.4) is 0 Å². The molecule has 0 saturated heterocycles. The zero-order valence-corrected chi connectivity index (χ0v) is 26.5. The van der Waals surface area contributed by atoms with Crippen molar-refractivity contribution in [2.24, 2.45) is 10.2 Å². The van der Waals surface area contributed by atoms with Crippen molar-refractivity contribution in [3.8, 4) is 6.07 Å². The molecule has 0 spiro atoms. The first kappa shape index (κ1) is 34.6. The lowest BCUT2D eigenvalue weighted by Gasteiger charge is -2.29. The number of sulfone groups is 1. The molecular formula is C31H41N7O5S. The molecule has 1 aromatic heterocycles. The first-order valence-electron chi connectivity index (χ1n) is 14.2. The van der Waals surface area contributed by atoms with Crippen LogP contribution >= 0.6 is 0 Å². The molecule has 0 aliphatic heterocycles. The van der Waals surface area contributed by atoms with E-state index >= 15 is 0 Å². The van der Waals surface area contributed by atoms with Gasteiger partial charge in [-0.2, -0.15) is 10.4 Å². The van der Waals surface area contributed by atoms with Crippen molar-refractivity contribution in [1.29, 1.82) is 5.26 Å². The number of azo groups is 1. The second-order valence-electron chi connectivity index (χ2n) is 11.4. The molecular weight excluding hydrogens is 582 g/mol. The minimum absolute atomic E-state index is 0.112. The quantitative estimate of drug-likeness (QED) is 0.152. The normalized spacial score (nSPS) is 13.5. The third-order valence-electron chi connectivity index (χ3n) is 6.40. The summed E-state index contributed by atoms with van der Waals surface area (Å²) in [6.07, 6.45) is -1.33. The van der Waals surface area contributed by atoms with E-state index in [4.69, 9.17) is 0 Å². The van der Waals surface area contributed by atoms with Gasteiger partial charge in [0.15, 0.2) is 15.7 Å². The number of pyridine rings is 1. The fourth-order valence-electron chi connectivity index (χ4n) is 4.42. The molecule has 0 bridgehead atoms. The molecule has 2 unspecified atom stereocenters. The number of benzene rings is 2. The predicted octanol–water partition coefficient (Wildman–Crippen LogP) is 4.44. The van der Waals surface area contributed by atoms with E-state index in [1.165, 1.54) is 24.3 Å². The Morgan fingerprint density at radius 3 is 2.25 bits per heavy atom. The summed E-state index contributed by atoms with van der Waals surface area (Å²) < 4.78 is 26.1. The zero-order chi connectivity index (χ0) is 32.5. The van der Waals surface area contributed by atoms with Crippen molar-refractivity contribution in [3.05, 3.63) is 65.7 Å². The van der Waals surface area contributed by atoms with Gasteiger partial charge in [0.2, 0.25) is 0 Å². The molecule has 3 aromatic rings. The summed E-state index contributed by atoms with van der Waals surface area (Å²) in [5.41, 5.74) is 1.19. The van der Waals surface area contributed by atoms with Crippen molar-refractivity contribution in [2.75, 3.05) is 42.6 Å². The lowest BCUT2D eigenvalue weighted by Crippen LogP contribution is -2.43. The molecule has 12 nitrogen and oxygen atoms in total. The zero-order valence-electron chi connectivity index (χ0n) is 25.7. The highest BCUT2D eigenvalue weighted by Gasteiger charge is 2.23. The van der Waals surface area contributed by atoms with Crippen molar-refractivity contribution < 1.29 is 23.7 Å². The second-order valence-corrected chi connectivity index (χ2v) is 13.5. The van der Waals surface area contributed by atoms with Crippen LogP contribution in [0.25, 0.3) is 0 Å². The first-order valence-corrected chi connectivity index (χ1v) is 15.9. The number of hydrogen-bond donors (Lipinski definition) is 5. The standard InChI is InChI=1S/C31H41N7O5S/c1-21(39)18-33-29-27(17-32)23(3)28(30(35-29)34-24-9-7-6-8-10-24)37-36-25-11-13-26(14-12-25)44(42,43)16-15-38(19-22(2)40)20-31(4,5)41/h6-14,21-22,39-41H,15-16,18-20H2,1-5H3,(H2,33,34,35). The van der Waals surface area contributed by atoms with E-state index in [0.29, 0.717) is 28.6 Å². The smallest absolute Gasteiger partial charge is 0.179 e. The van der Waals surface area contributed by atoms with Gasteiger partial charge in [0.25, 0.3) is 0 Å². The molecule has 2 atom stereocenters. The number of aliphatic hydroxyl groups excluding tert-OH is 2. The van der Waals surface area contributed by atoms with Gasteiger partial charge in [0.1, 0.15) is 17.6 Å². The summed E-state index contributed by atoms with van der Waals surface area (Å²) >= 11 is 0. The Labute approximate surface area is 259 Å². The molecule has 0 saturated carbocycles. The monoisotopic (exact) mass is 623 g/mol. The molecule has 44 heavy (non-hydrogen) atoms. The molecule has 0 aliphatic rings. The molecule has 3 rings (SSSR count). The lowest BCUT2D eigenvalue weighted by molar-refractivity contribution is 0.0236. The number of nitrogens with one attached hydrogen (secondary N) is 2. The number of nitriles is 1. The van der Waals surface area contributed by atoms with Crippen molar-refractivity contribution in [1.82, 2.24) is 9.88 Å². The number of nitrogens with zero attached hydrogens (tertiary/aromatic N) is 5. The van der Waals surface area contributed by atoms with Gasteiger partial charge < -0.3 is 26.0 Å². The number of aromatic nitrogens is 1. The van der Waals surface area contributed by atoms with Gasteiger partial charge in [-0.3, -0.25) is 4.90 Å². The second kappa shape index (κ2) is 15.2. The number of hydrogen-bond acceptors (Lipinski definition) is 12. The summed E-state index contributed by atoms with van der Waals surface area (Å²) in [6.45, 7) is 9.02. The molecule has 236 valence electrons. The van der Waals surface area contributed by atoms with E-state index in [0.717, 1.165) is 5.69 Å². The maximum atomic E-state index is 13.1. The highest BCUT2D eigenvalue weighted by Crippen LogP contribution is 2.36. The maximum Gasteiger partial charge on any atom is 0.179 e. The van der Waals surface area contributed by atoms with Crippen LogP contribution in [-0.4, -0.2) is 83.4 Å². The first-order chi connectivity index (χ1) is 20.7. The van der Waals surface area contributed by atoms with Crippen LogP contribution in [0.15, 0.2) is 69.7 Å². The maximum absolute atomic E-state index is 13.1. The average molecular weight is 624 g/mol. The van der Waals surface area contributed by atoms with E-state index in [1.807, 2.05) is 30.3 Å². The van der Waals surface area contributed by atoms with Crippen LogP contribution in [0.4, 0.5) is 28.7 Å². The van der Waals surface area contributed by atoms with Gasteiger partial charge in [-0.05, 0) is 71.0 Å². The summed E-state index contributed by atoms with van der Waals surface area (Å²) in [7, 11) is -3.66. The molecule has 0 radical (unpaired) electrons. The largest absolute Gasteiger partial charge is 0.392 e. The topological polar surface area (TPSA) is 184 Å². The van der Waals surface area contributed by atoms with E-state index in [2.05, 4.69) is 31.9 Å². The molecule has 0 amide bonds. The van der Waals surface area contributed by atoms with Crippen molar-refractivity contribution >= 4 is 38.5 Å². The van der Waals surface area contributed by atoms with Crippen LogP contribution in [0, 0.1) is 18.3 Å². The third kappa shape index (κ3) is 10.4. The van der Waals surface area contributed by atoms with E-state index in [9.17, 15) is 29.0 Å². The van der Waals surface area contributed by atoms with Crippen LogP contribution in [0.5, 0.6) is 0 Å². The molecule has 1 heterocycles. The highest BCUT2D eigenvalue weighted by atomic mass is 32.2. The number of rotatable bonds is 15. The van der Waals surface area contributed by atoms with Gasteiger partial charge >= 0.3 is 0 Å². The van der Waals surface area contributed by atoms with Crippen molar-refractivity contribution in [2.45, 2.75) is 57.3 Å². The minimum atomic E-state index is -3.66. The van der Waals surface area contributed by atoms with Crippen molar-refractivity contribution in [3.63, 3.8) is 0 Å². The molecule has 0 fully saturated rings. The Balaban J connectivity index is 1.87. The van der Waals surface area contributed by atoms with Gasteiger partial charge in [0, 0.05) is 37.4 Å². The van der Waals surface area contributed by atoms with Gasteiger partial charge in [-0.1, -0.05) is 18.2 Å². The van der Waals surface area contributed by atoms with E-state index in [-0.39, 0.29) is 42.4 Å². The van der Waals surface area contributed by atoms with Crippen LogP contribution in [0.1, 0.15) is 38.8 Å². The molecule has 13 heteroatoms. The molecule has 5 N–H and O–H groups in total.